The van der Waals surface area contributed by atoms with E-state index in [1.54, 1.807) is 0 Å². The van der Waals surface area contributed by atoms with Crippen molar-refractivity contribution in [3.63, 3.8) is 0 Å². The third-order valence-electron chi connectivity index (χ3n) is 3.32. The van der Waals surface area contributed by atoms with E-state index in [1.165, 1.54) is 0 Å². The van der Waals surface area contributed by atoms with Gasteiger partial charge in [0.25, 0.3) is 0 Å². The van der Waals surface area contributed by atoms with Crippen molar-refractivity contribution in [1.29, 1.82) is 0 Å². The van der Waals surface area contributed by atoms with E-state index >= 15 is 0 Å². The standard InChI is InChI=1S/C12H19Cl8O3P/c1-2-5-10(23-24(21)22,8(13)3-6-11(15,16)17)9(14)4-7-12(18,19)20/h8-9,21-22H,2-7H2,1H3. The van der Waals surface area contributed by atoms with Crippen molar-refractivity contribution in [1.82, 2.24) is 0 Å². The van der Waals surface area contributed by atoms with Crippen LogP contribution in [0.25, 0.3) is 0 Å². The lowest BCUT2D eigenvalue weighted by atomic mass is 9.86. The Hall–Kier alpha value is 2.63. The monoisotopic (exact) mass is 522 g/mol. The Kier molecular flexibility index (Phi) is 12.9. The van der Waals surface area contributed by atoms with Crippen LogP contribution in [-0.4, -0.2) is 33.7 Å². The molecule has 0 radical (unpaired) electrons. The van der Waals surface area contributed by atoms with Crippen LogP contribution in [-0.2, 0) is 4.52 Å². The maximum atomic E-state index is 9.39. The van der Waals surface area contributed by atoms with Crippen molar-refractivity contribution in [2.24, 2.45) is 0 Å². The molecule has 0 bridgehead atoms. The van der Waals surface area contributed by atoms with Crippen LogP contribution in [0.4, 0.5) is 0 Å². The van der Waals surface area contributed by atoms with Crippen molar-refractivity contribution in [2.75, 3.05) is 0 Å². The molecule has 0 aromatic rings. The summed E-state index contributed by atoms with van der Waals surface area (Å²) in [6.07, 6.45) is 1.73. The topological polar surface area (TPSA) is 49.7 Å². The lowest BCUT2D eigenvalue weighted by Crippen LogP contribution is -2.49. The molecule has 12 heteroatoms. The highest BCUT2D eigenvalue weighted by atomic mass is 35.6. The Bertz CT molecular complexity index is 337. The van der Waals surface area contributed by atoms with E-state index in [2.05, 4.69) is 0 Å². The molecule has 0 saturated heterocycles. The second kappa shape index (κ2) is 11.6. The Morgan fingerprint density at radius 1 is 0.833 bits per heavy atom. The van der Waals surface area contributed by atoms with Gasteiger partial charge in [0.1, 0.15) is 5.60 Å². The quantitative estimate of drug-likeness (QED) is 0.233. The van der Waals surface area contributed by atoms with Crippen LogP contribution < -0.4 is 0 Å². The molecule has 0 spiro atoms. The maximum absolute atomic E-state index is 9.39. The molecule has 0 fully saturated rings. The van der Waals surface area contributed by atoms with Crippen molar-refractivity contribution in [2.45, 2.75) is 69.4 Å². The van der Waals surface area contributed by atoms with Gasteiger partial charge in [-0.3, -0.25) is 0 Å². The second-order valence-corrected chi connectivity index (χ2v) is 12.1. The average Bonchev–Trinajstić information content (AvgIpc) is 2.39. The molecule has 2 unspecified atom stereocenters. The molecule has 146 valence electrons. The molecule has 0 aromatic carbocycles. The fourth-order valence-corrected chi connectivity index (χ4v) is 4.60. The summed E-state index contributed by atoms with van der Waals surface area (Å²) < 4.78 is 2.40. The normalized spacial score (nSPS) is 18.5. The van der Waals surface area contributed by atoms with Crippen LogP contribution in [0.15, 0.2) is 0 Å². The Morgan fingerprint density at radius 3 is 1.46 bits per heavy atom. The molecule has 0 aromatic heterocycles. The zero-order valence-corrected chi connectivity index (χ0v) is 19.6. The van der Waals surface area contributed by atoms with Gasteiger partial charge in [0, 0.05) is 0 Å². The van der Waals surface area contributed by atoms with E-state index in [0.717, 1.165) is 0 Å². The van der Waals surface area contributed by atoms with Crippen LogP contribution in [0.2, 0.25) is 0 Å². The first-order valence-electron chi connectivity index (χ1n) is 7.02. The van der Waals surface area contributed by atoms with Gasteiger partial charge in [-0.1, -0.05) is 83.0 Å². The van der Waals surface area contributed by atoms with Gasteiger partial charge in [0.15, 0.2) is 7.59 Å². The Balaban J connectivity index is 5.36. The molecule has 0 aliphatic rings. The summed E-state index contributed by atoms with van der Waals surface area (Å²) in [7, 11) is -2.71. The summed E-state index contributed by atoms with van der Waals surface area (Å²) in [6.45, 7) is 1.88. The third kappa shape index (κ3) is 10.8. The highest BCUT2D eigenvalue weighted by molar-refractivity contribution is 7.39. The summed E-state index contributed by atoms with van der Waals surface area (Å²) in [5, 5.41) is -1.48. The minimum absolute atomic E-state index is 0.142. The SMILES string of the molecule is CCCC(OP(O)O)(C(Cl)CCC(Cl)(Cl)Cl)C(Cl)CCC(Cl)(Cl)Cl. The summed E-state index contributed by atoms with van der Waals surface area (Å²) >= 11 is 47.5. The highest BCUT2D eigenvalue weighted by Crippen LogP contribution is 2.48. The van der Waals surface area contributed by atoms with Crippen molar-refractivity contribution in [3.8, 4) is 0 Å². The van der Waals surface area contributed by atoms with Gasteiger partial charge < -0.3 is 14.3 Å². The molecule has 2 atom stereocenters. The molecular formula is C12H19Cl8O3P. The summed E-state index contributed by atoms with van der Waals surface area (Å²) in [4.78, 5) is 18.8. The molecular weight excluding hydrogens is 507 g/mol. The van der Waals surface area contributed by atoms with Gasteiger partial charge in [0.2, 0.25) is 0 Å². The van der Waals surface area contributed by atoms with Crippen LogP contribution in [0, 0.1) is 0 Å². The van der Waals surface area contributed by atoms with Gasteiger partial charge in [-0.05, 0) is 32.1 Å². The zero-order valence-electron chi connectivity index (χ0n) is 12.7. The predicted octanol–water partition coefficient (Wildman–Crippen LogP) is 7.27. The maximum Gasteiger partial charge on any atom is 0.327 e. The van der Waals surface area contributed by atoms with E-state index in [1.807, 2.05) is 6.92 Å². The summed E-state index contributed by atoms with van der Waals surface area (Å²) in [5.41, 5.74) is -1.26. The summed E-state index contributed by atoms with van der Waals surface area (Å²) in [6, 6.07) is 0. The predicted molar refractivity (Wildman–Crippen MR) is 108 cm³/mol. The zero-order chi connectivity index (χ0) is 19.2. The van der Waals surface area contributed by atoms with Crippen LogP contribution >= 0.6 is 101 Å². The lowest BCUT2D eigenvalue weighted by molar-refractivity contribution is 0.0315. The number of alkyl halides is 8. The molecule has 0 amide bonds. The minimum Gasteiger partial charge on any atom is -0.328 e. The summed E-state index contributed by atoms with van der Waals surface area (Å²) in [5.74, 6) is 0. The molecule has 0 heterocycles. The number of hydrogen-bond acceptors (Lipinski definition) is 3. The van der Waals surface area contributed by atoms with Crippen molar-refractivity contribution < 1.29 is 14.3 Å². The van der Waals surface area contributed by atoms with E-state index < -0.39 is 32.5 Å². The first kappa shape index (κ1) is 26.6. The van der Waals surface area contributed by atoms with E-state index in [-0.39, 0.29) is 25.7 Å². The Labute approximate surface area is 184 Å². The van der Waals surface area contributed by atoms with E-state index in [9.17, 15) is 9.79 Å². The van der Waals surface area contributed by atoms with Gasteiger partial charge in [-0.2, -0.15) is 0 Å². The largest absolute Gasteiger partial charge is 0.328 e. The first-order valence-corrected chi connectivity index (χ1v) is 11.3. The molecule has 0 saturated carbocycles. The molecule has 0 aliphatic heterocycles. The van der Waals surface area contributed by atoms with Crippen LogP contribution in [0.1, 0.15) is 45.4 Å². The molecule has 0 rings (SSSR count). The Morgan fingerprint density at radius 2 is 1.21 bits per heavy atom. The number of rotatable bonds is 10. The van der Waals surface area contributed by atoms with E-state index in [0.29, 0.717) is 12.8 Å². The third-order valence-corrected chi connectivity index (χ3v) is 6.13. The van der Waals surface area contributed by atoms with Gasteiger partial charge in [0.05, 0.1) is 10.8 Å². The first-order chi connectivity index (χ1) is 10.7. The number of halogens is 8. The highest BCUT2D eigenvalue weighted by Gasteiger charge is 2.47. The molecule has 0 aliphatic carbocycles. The van der Waals surface area contributed by atoms with E-state index in [4.69, 9.17) is 97.3 Å². The fraction of sp³-hybridized carbons (Fsp3) is 1.00. The van der Waals surface area contributed by atoms with Crippen molar-refractivity contribution in [3.05, 3.63) is 0 Å². The van der Waals surface area contributed by atoms with Gasteiger partial charge >= 0.3 is 8.60 Å². The lowest BCUT2D eigenvalue weighted by Gasteiger charge is -2.41. The molecule has 3 nitrogen and oxygen atoms in total. The number of hydrogen-bond donors (Lipinski definition) is 2. The fourth-order valence-electron chi connectivity index (χ4n) is 2.28. The van der Waals surface area contributed by atoms with Gasteiger partial charge in [-0.15, -0.1) is 23.2 Å². The smallest absolute Gasteiger partial charge is 0.327 e. The van der Waals surface area contributed by atoms with Crippen LogP contribution in [0.3, 0.4) is 0 Å². The molecule has 2 N–H and O–H groups in total. The average molecular weight is 526 g/mol. The van der Waals surface area contributed by atoms with Crippen LogP contribution in [0.5, 0.6) is 0 Å². The van der Waals surface area contributed by atoms with Gasteiger partial charge in [-0.25, -0.2) is 0 Å². The minimum atomic E-state index is -2.71. The molecule has 24 heavy (non-hydrogen) atoms. The van der Waals surface area contributed by atoms with Crippen molar-refractivity contribution >= 4 is 101 Å². The second-order valence-electron chi connectivity index (χ2n) is 5.29.